The van der Waals surface area contributed by atoms with Gasteiger partial charge in [0.05, 0.1) is 5.41 Å². The molecule has 3 nitrogen and oxygen atoms in total. The highest BCUT2D eigenvalue weighted by atomic mass is 16.2. The minimum absolute atomic E-state index is 0.218. The Labute approximate surface area is 114 Å². The molecule has 0 aliphatic heterocycles. The molecule has 0 atom stereocenters. The Bertz CT molecular complexity index is 505. The zero-order valence-corrected chi connectivity index (χ0v) is 11.6. The summed E-state index contributed by atoms with van der Waals surface area (Å²) in [6.45, 7) is 1.19. The number of nitrogens with zero attached hydrogens (tertiary/aromatic N) is 1. The molecule has 0 bridgehead atoms. The summed E-state index contributed by atoms with van der Waals surface area (Å²) in [6.07, 6.45) is 5.58. The molecule has 0 saturated heterocycles. The van der Waals surface area contributed by atoms with Gasteiger partial charge in [0.25, 0.3) is 0 Å². The maximum absolute atomic E-state index is 12.3. The molecular weight excluding hydrogens is 236 g/mol. The summed E-state index contributed by atoms with van der Waals surface area (Å²) in [4.78, 5) is 14.2. The molecule has 102 valence electrons. The second-order valence-corrected chi connectivity index (χ2v) is 6.10. The van der Waals surface area contributed by atoms with Gasteiger partial charge in [-0.1, -0.05) is 18.2 Å². The molecule has 1 aromatic rings. The number of carbonyl (C=O) groups excluding carboxylic acids is 1. The molecular formula is C16H22N2O. The Balaban J connectivity index is 1.69. The number of hydrogen-bond donors (Lipinski definition) is 1. The standard InChI is InChI=1S/C16H22N2O/c1-18(15(19)16(11-17)7-8-16)10-12-5-6-13-3-2-4-14(13)9-12/h5-6,9H,2-4,7-8,10-11,17H2,1H3. The van der Waals surface area contributed by atoms with Gasteiger partial charge >= 0.3 is 0 Å². The van der Waals surface area contributed by atoms with Crippen molar-refractivity contribution in [3.63, 3.8) is 0 Å². The van der Waals surface area contributed by atoms with Gasteiger partial charge in [0, 0.05) is 20.1 Å². The molecule has 0 spiro atoms. The summed E-state index contributed by atoms with van der Waals surface area (Å²) in [5, 5.41) is 0. The van der Waals surface area contributed by atoms with Crippen molar-refractivity contribution in [3.8, 4) is 0 Å². The minimum Gasteiger partial charge on any atom is -0.341 e. The number of nitrogens with two attached hydrogens (primary N) is 1. The maximum atomic E-state index is 12.3. The lowest BCUT2D eigenvalue weighted by Crippen LogP contribution is -2.37. The van der Waals surface area contributed by atoms with Gasteiger partial charge in [0.2, 0.25) is 5.91 Å². The third-order valence-corrected chi connectivity index (χ3v) is 4.63. The molecule has 1 fully saturated rings. The summed E-state index contributed by atoms with van der Waals surface area (Å²) in [5.74, 6) is 0.218. The van der Waals surface area contributed by atoms with Crippen LogP contribution >= 0.6 is 0 Å². The van der Waals surface area contributed by atoms with Crippen LogP contribution in [0.25, 0.3) is 0 Å². The Morgan fingerprint density at radius 1 is 1.32 bits per heavy atom. The lowest BCUT2D eigenvalue weighted by molar-refractivity contribution is -0.135. The van der Waals surface area contributed by atoms with Crippen molar-refractivity contribution >= 4 is 5.91 Å². The monoisotopic (exact) mass is 258 g/mol. The molecule has 0 radical (unpaired) electrons. The van der Waals surface area contributed by atoms with Crippen molar-refractivity contribution in [2.45, 2.75) is 38.6 Å². The SMILES string of the molecule is CN(Cc1ccc2c(c1)CCC2)C(=O)C1(CN)CC1. The fourth-order valence-electron chi connectivity index (χ4n) is 3.13. The summed E-state index contributed by atoms with van der Waals surface area (Å²) >= 11 is 0. The van der Waals surface area contributed by atoms with Crippen LogP contribution < -0.4 is 5.73 Å². The van der Waals surface area contributed by atoms with E-state index in [2.05, 4.69) is 18.2 Å². The van der Waals surface area contributed by atoms with Crippen LogP contribution in [0.5, 0.6) is 0 Å². The molecule has 2 aliphatic rings. The number of benzene rings is 1. The van der Waals surface area contributed by atoms with Crippen LogP contribution in [0.1, 0.15) is 36.0 Å². The number of amides is 1. The summed E-state index contributed by atoms with van der Waals surface area (Å²) in [6, 6.07) is 6.66. The highest BCUT2D eigenvalue weighted by molar-refractivity contribution is 5.85. The molecule has 19 heavy (non-hydrogen) atoms. The molecule has 0 unspecified atom stereocenters. The minimum atomic E-state index is -0.231. The zero-order chi connectivity index (χ0) is 13.5. The van der Waals surface area contributed by atoms with E-state index in [1.165, 1.54) is 36.0 Å². The quantitative estimate of drug-likeness (QED) is 0.896. The van der Waals surface area contributed by atoms with E-state index in [9.17, 15) is 4.79 Å². The second-order valence-electron chi connectivity index (χ2n) is 6.10. The van der Waals surface area contributed by atoms with Crippen molar-refractivity contribution in [2.75, 3.05) is 13.6 Å². The maximum Gasteiger partial charge on any atom is 0.230 e. The van der Waals surface area contributed by atoms with E-state index >= 15 is 0 Å². The molecule has 2 N–H and O–H groups in total. The molecule has 1 amide bonds. The van der Waals surface area contributed by atoms with E-state index in [0.29, 0.717) is 13.1 Å². The van der Waals surface area contributed by atoms with Crippen molar-refractivity contribution in [2.24, 2.45) is 11.1 Å². The molecule has 0 heterocycles. The summed E-state index contributed by atoms with van der Waals surface area (Å²) < 4.78 is 0. The van der Waals surface area contributed by atoms with Gasteiger partial charge in [-0.15, -0.1) is 0 Å². The second kappa shape index (κ2) is 4.64. The molecule has 1 aromatic carbocycles. The Kier molecular flexibility index (Phi) is 3.09. The van der Waals surface area contributed by atoms with Gasteiger partial charge in [-0.3, -0.25) is 4.79 Å². The van der Waals surface area contributed by atoms with Crippen LogP contribution in [0.2, 0.25) is 0 Å². The summed E-state index contributed by atoms with van der Waals surface area (Å²) in [7, 11) is 1.89. The van der Waals surface area contributed by atoms with Crippen LogP contribution in [-0.2, 0) is 24.2 Å². The van der Waals surface area contributed by atoms with Crippen molar-refractivity contribution in [3.05, 3.63) is 34.9 Å². The average Bonchev–Trinajstić information content (AvgIpc) is 3.09. The summed E-state index contributed by atoms with van der Waals surface area (Å²) in [5.41, 5.74) is 9.69. The highest BCUT2D eigenvalue weighted by Crippen LogP contribution is 2.46. The number of hydrogen-bond acceptors (Lipinski definition) is 2. The average molecular weight is 258 g/mol. The van der Waals surface area contributed by atoms with Gasteiger partial charge in [0.1, 0.15) is 0 Å². The molecule has 3 heteroatoms. The Morgan fingerprint density at radius 3 is 2.74 bits per heavy atom. The van der Waals surface area contributed by atoms with Crippen LogP contribution in [-0.4, -0.2) is 24.4 Å². The van der Waals surface area contributed by atoms with E-state index in [1.807, 2.05) is 11.9 Å². The van der Waals surface area contributed by atoms with Gasteiger partial charge < -0.3 is 10.6 Å². The van der Waals surface area contributed by atoms with Crippen LogP contribution in [0, 0.1) is 5.41 Å². The predicted octanol–water partition coefficient (Wildman–Crippen LogP) is 1.87. The van der Waals surface area contributed by atoms with E-state index in [1.54, 1.807) is 0 Å². The molecule has 0 aromatic heterocycles. The van der Waals surface area contributed by atoms with Gasteiger partial charge in [-0.25, -0.2) is 0 Å². The largest absolute Gasteiger partial charge is 0.341 e. The van der Waals surface area contributed by atoms with E-state index < -0.39 is 0 Å². The third-order valence-electron chi connectivity index (χ3n) is 4.63. The van der Waals surface area contributed by atoms with Gasteiger partial charge in [0.15, 0.2) is 0 Å². The zero-order valence-electron chi connectivity index (χ0n) is 11.6. The first-order valence-electron chi connectivity index (χ1n) is 7.21. The number of rotatable bonds is 4. The molecule has 3 rings (SSSR count). The van der Waals surface area contributed by atoms with Crippen LogP contribution in [0.3, 0.4) is 0 Å². The normalized spacial score (nSPS) is 19.1. The lowest BCUT2D eigenvalue weighted by Gasteiger charge is -2.23. The number of aryl methyl sites for hydroxylation is 2. The van der Waals surface area contributed by atoms with E-state index in [4.69, 9.17) is 5.73 Å². The highest BCUT2D eigenvalue weighted by Gasteiger charge is 2.49. The van der Waals surface area contributed by atoms with Crippen molar-refractivity contribution < 1.29 is 4.79 Å². The van der Waals surface area contributed by atoms with Crippen molar-refractivity contribution in [1.82, 2.24) is 4.90 Å². The fraction of sp³-hybridized carbons (Fsp3) is 0.562. The Hall–Kier alpha value is -1.35. The topological polar surface area (TPSA) is 46.3 Å². The fourth-order valence-corrected chi connectivity index (χ4v) is 3.13. The first-order chi connectivity index (χ1) is 9.14. The van der Waals surface area contributed by atoms with Crippen LogP contribution in [0.4, 0.5) is 0 Å². The van der Waals surface area contributed by atoms with Gasteiger partial charge in [-0.2, -0.15) is 0 Å². The predicted molar refractivity (Wildman–Crippen MR) is 75.7 cm³/mol. The number of fused-ring (bicyclic) bond motifs is 1. The van der Waals surface area contributed by atoms with Crippen LogP contribution in [0.15, 0.2) is 18.2 Å². The third kappa shape index (κ3) is 2.27. The smallest absolute Gasteiger partial charge is 0.230 e. The first-order valence-corrected chi connectivity index (χ1v) is 7.21. The Morgan fingerprint density at radius 2 is 2.05 bits per heavy atom. The van der Waals surface area contributed by atoms with E-state index in [-0.39, 0.29) is 11.3 Å². The van der Waals surface area contributed by atoms with Gasteiger partial charge in [-0.05, 0) is 48.8 Å². The first kappa shape index (κ1) is 12.7. The number of carbonyl (C=O) groups is 1. The van der Waals surface area contributed by atoms with Crippen molar-refractivity contribution in [1.29, 1.82) is 0 Å². The lowest BCUT2D eigenvalue weighted by atomic mass is 10.0. The molecule has 2 aliphatic carbocycles. The van der Waals surface area contributed by atoms with E-state index in [0.717, 1.165) is 12.8 Å². The molecule has 1 saturated carbocycles.